The van der Waals surface area contributed by atoms with Gasteiger partial charge in [0.1, 0.15) is 0 Å². The molecule has 1 heterocycles. The molecule has 0 radical (unpaired) electrons. The van der Waals surface area contributed by atoms with Gasteiger partial charge in [-0.05, 0) is 36.5 Å². The van der Waals surface area contributed by atoms with Gasteiger partial charge in [0.25, 0.3) is 0 Å². The third kappa shape index (κ3) is 2.43. The summed E-state index contributed by atoms with van der Waals surface area (Å²) in [4.78, 5) is 0. The number of nitrogens with one attached hydrogen (secondary N) is 1. The molecule has 1 aliphatic heterocycles. The van der Waals surface area contributed by atoms with Crippen LogP contribution < -0.4 is 5.32 Å². The number of hydrogen-bond acceptors (Lipinski definition) is 2. The number of ether oxygens (including phenoxy) is 1. The third-order valence-corrected chi connectivity index (χ3v) is 6.07. The molecule has 0 spiro atoms. The summed E-state index contributed by atoms with van der Waals surface area (Å²) in [5.41, 5.74) is 1.25. The van der Waals surface area contributed by atoms with Crippen LogP contribution >= 0.6 is 0 Å². The van der Waals surface area contributed by atoms with Crippen molar-refractivity contribution in [2.24, 2.45) is 22.2 Å². The Morgan fingerprint density at radius 2 is 1.55 bits per heavy atom. The molecular weight excluding hydrogens is 246 g/mol. The predicted octanol–water partition coefficient (Wildman–Crippen LogP) is 3.99. The molecule has 0 aromatic rings. The Balaban J connectivity index is 1.69. The molecule has 1 saturated heterocycles. The zero-order valence-corrected chi connectivity index (χ0v) is 14.3. The molecule has 0 amide bonds. The van der Waals surface area contributed by atoms with Gasteiger partial charge in [-0.3, -0.25) is 0 Å². The van der Waals surface area contributed by atoms with E-state index in [0.29, 0.717) is 34.4 Å². The average Bonchev–Trinajstić information content (AvgIpc) is 2.68. The Bertz CT molecular complexity index is 369. The van der Waals surface area contributed by atoms with E-state index in [1.807, 2.05) is 0 Å². The van der Waals surface area contributed by atoms with Crippen LogP contribution in [-0.2, 0) is 4.74 Å². The Morgan fingerprint density at radius 1 is 0.950 bits per heavy atom. The molecule has 2 heteroatoms. The smallest absolute Gasteiger partial charge is 0.0685 e. The van der Waals surface area contributed by atoms with Crippen molar-refractivity contribution in [2.45, 2.75) is 85.4 Å². The minimum atomic E-state index is 0.312. The van der Waals surface area contributed by atoms with Crippen LogP contribution in [0.1, 0.15) is 67.2 Å². The first kappa shape index (κ1) is 14.8. The lowest BCUT2D eigenvalue weighted by molar-refractivity contribution is -0.119. The first-order valence-corrected chi connectivity index (χ1v) is 8.48. The lowest BCUT2D eigenvalue weighted by Crippen LogP contribution is -2.68. The van der Waals surface area contributed by atoms with E-state index in [1.165, 1.54) is 25.7 Å². The van der Waals surface area contributed by atoms with Crippen LogP contribution in [0.15, 0.2) is 0 Å². The maximum Gasteiger partial charge on any atom is 0.0685 e. The SMILES string of the molecule is CC1(C)CC(NC2C3CCOC3C2(C)C)CC(C)(C)C1. The number of rotatable bonds is 2. The highest BCUT2D eigenvalue weighted by atomic mass is 16.5. The van der Waals surface area contributed by atoms with Crippen LogP contribution in [0.3, 0.4) is 0 Å². The van der Waals surface area contributed by atoms with Gasteiger partial charge in [-0.25, -0.2) is 0 Å². The summed E-state index contributed by atoms with van der Waals surface area (Å²) < 4.78 is 5.93. The number of fused-ring (bicyclic) bond motifs is 1. The standard InChI is InChI=1S/C18H33NO/c1-16(2)9-12(10-17(3,4)11-16)19-14-13-7-8-20-15(13)18(14,5)6/h12-15,19H,7-11H2,1-6H3. The molecule has 2 nitrogen and oxygen atoms in total. The van der Waals surface area contributed by atoms with Crippen LogP contribution in [0.5, 0.6) is 0 Å². The van der Waals surface area contributed by atoms with E-state index in [4.69, 9.17) is 4.74 Å². The van der Waals surface area contributed by atoms with Crippen molar-refractivity contribution in [3.05, 3.63) is 0 Å². The zero-order valence-electron chi connectivity index (χ0n) is 14.3. The van der Waals surface area contributed by atoms with Gasteiger partial charge in [0, 0.05) is 30.0 Å². The lowest BCUT2D eigenvalue weighted by atomic mass is 9.56. The summed E-state index contributed by atoms with van der Waals surface area (Å²) in [5.74, 6) is 0.762. The monoisotopic (exact) mass is 279 g/mol. The highest BCUT2D eigenvalue weighted by Crippen LogP contribution is 2.53. The fourth-order valence-corrected chi connectivity index (χ4v) is 5.88. The largest absolute Gasteiger partial charge is 0.377 e. The van der Waals surface area contributed by atoms with Crippen molar-refractivity contribution < 1.29 is 4.74 Å². The van der Waals surface area contributed by atoms with Crippen molar-refractivity contribution >= 4 is 0 Å². The molecule has 3 rings (SSSR count). The molecule has 3 unspecified atom stereocenters. The van der Waals surface area contributed by atoms with E-state index in [0.717, 1.165) is 12.5 Å². The molecule has 0 aromatic carbocycles. The van der Waals surface area contributed by atoms with Gasteiger partial charge in [0.15, 0.2) is 0 Å². The summed E-state index contributed by atoms with van der Waals surface area (Å²) in [7, 11) is 0. The highest BCUT2D eigenvalue weighted by Gasteiger charge is 2.59. The molecule has 2 aliphatic carbocycles. The highest BCUT2D eigenvalue weighted by molar-refractivity contribution is 5.12. The van der Waals surface area contributed by atoms with Crippen LogP contribution in [-0.4, -0.2) is 24.8 Å². The first-order chi connectivity index (χ1) is 9.11. The van der Waals surface area contributed by atoms with Crippen molar-refractivity contribution in [2.75, 3.05) is 6.61 Å². The van der Waals surface area contributed by atoms with E-state index in [2.05, 4.69) is 46.9 Å². The molecular formula is C18H33NO. The Hall–Kier alpha value is -0.0800. The molecule has 0 bridgehead atoms. The van der Waals surface area contributed by atoms with Gasteiger partial charge >= 0.3 is 0 Å². The van der Waals surface area contributed by atoms with Crippen molar-refractivity contribution in [3.63, 3.8) is 0 Å². The minimum absolute atomic E-state index is 0.312. The zero-order chi connectivity index (χ0) is 14.8. The summed E-state index contributed by atoms with van der Waals surface area (Å²) in [6.45, 7) is 15.5. The molecule has 3 atom stereocenters. The normalized spacial score (nSPS) is 42.0. The van der Waals surface area contributed by atoms with Gasteiger partial charge in [0.05, 0.1) is 6.10 Å². The maximum absolute atomic E-state index is 5.93. The van der Waals surface area contributed by atoms with Crippen molar-refractivity contribution in [1.82, 2.24) is 5.32 Å². The average molecular weight is 279 g/mol. The van der Waals surface area contributed by atoms with Gasteiger partial charge in [-0.2, -0.15) is 0 Å². The molecule has 3 fully saturated rings. The van der Waals surface area contributed by atoms with E-state index in [1.54, 1.807) is 0 Å². The Kier molecular flexibility index (Phi) is 3.31. The molecule has 1 N–H and O–H groups in total. The molecule has 0 aromatic heterocycles. The third-order valence-electron chi connectivity index (χ3n) is 6.07. The Morgan fingerprint density at radius 3 is 2.15 bits per heavy atom. The summed E-state index contributed by atoms with van der Waals surface area (Å²) in [5, 5.41) is 4.05. The summed E-state index contributed by atoms with van der Waals surface area (Å²) in [6.07, 6.45) is 5.75. The molecule has 20 heavy (non-hydrogen) atoms. The molecule has 2 saturated carbocycles. The van der Waals surface area contributed by atoms with Crippen molar-refractivity contribution in [3.8, 4) is 0 Å². The van der Waals surface area contributed by atoms with Gasteiger partial charge in [0.2, 0.25) is 0 Å². The summed E-state index contributed by atoms with van der Waals surface area (Å²) in [6, 6.07) is 1.34. The van der Waals surface area contributed by atoms with E-state index in [9.17, 15) is 0 Å². The van der Waals surface area contributed by atoms with Gasteiger partial charge < -0.3 is 10.1 Å². The number of hydrogen-bond donors (Lipinski definition) is 1. The fourth-order valence-electron chi connectivity index (χ4n) is 5.88. The topological polar surface area (TPSA) is 21.3 Å². The summed E-state index contributed by atoms with van der Waals surface area (Å²) >= 11 is 0. The van der Waals surface area contributed by atoms with E-state index < -0.39 is 0 Å². The lowest BCUT2D eigenvalue weighted by Gasteiger charge is -2.57. The molecule has 116 valence electrons. The van der Waals surface area contributed by atoms with Crippen LogP contribution in [0, 0.1) is 22.2 Å². The van der Waals surface area contributed by atoms with Crippen molar-refractivity contribution in [1.29, 1.82) is 0 Å². The minimum Gasteiger partial charge on any atom is -0.377 e. The fraction of sp³-hybridized carbons (Fsp3) is 1.00. The van der Waals surface area contributed by atoms with Crippen LogP contribution in [0.25, 0.3) is 0 Å². The second kappa shape index (κ2) is 4.46. The van der Waals surface area contributed by atoms with Crippen LogP contribution in [0.4, 0.5) is 0 Å². The first-order valence-electron chi connectivity index (χ1n) is 8.48. The van der Waals surface area contributed by atoms with Gasteiger partial charge in [-0.15, -0.1) is 0 Å². The predicted molar refractivity (Wildman–Crippen MR) is 83.8 cm³/mol. The molecule has 3 aliphatic rings. The van der Waals surface area contributed by atoms with Crippen LogP contribution in [0.2, 0.25) is 0 Å². The van der Waals surface area contributed by atoms with E-state index >= 15 is 0 Å². The van der Waals surface area contributed by atoms with E-state index in [-0.39, 0.29) is 0 Å². The Labute approximate surface area is 125 Å². The second-order valence-corrected chi connectivity index (χ2v) is 9.82. The van der Waals surface area contributed by atoms with Gasteiger partial charge in [-0.1, -0.05) is 41.5 Å². The quantitative estimate of drug-likeness (QED) is 0.825. The maximum atomic E-state index is 5.93. The second-order valence-electron chi connectivity index (χ2n) is 9.82.